The number of benzene rings is 1. The van der Waals surface area contributed by atoms with Gasteiger partial charge in [0.15, 0.2) is 0 Å². The van der Waals surface area contributed by atoms with Gasteiger partial charge in [0.25, 0.3) is 5.91 Å². The highest BCUT2D eigenvalue weighted by Gasteiger charge is 2.11. The Morgan fingerprint density at radius 2 is 2.15 bits per heavy atom. The highest BCUT2D eigenvalue weighted by Crippen LogP contribution is 2.26. The summed E-state index contributed by atoms with van der Waals surface area (Å²) in [5.41, 5.74) is 2.16. The summed E-state index contributed by atoms with van der Waals surface area (Å²) in [7, 11) is 1.72. The van der Waals surface area contributed by atoms with E-state index in [0.29, 0.717) is 22.1 Å². The van der Waals surface area contributed by atoms with Gasteiger partial charge in [0, 0.05) is 17.7 Å². The van der Waals surface area contributed by atoms with E-state index in [0.717, 1.165) is 10.0 Å². The van der Waals surface area contributed by atoms with E-state index in [1.54, 1.807) is 13.1 Å². The van der Waals surface area contributed by atoms with Crippen LogP contribution in [0.3, 0.4) is 0 Å². The predicted octanol–water partition coefficient (Wildman–Crippen LogP) is 4.10. The van der Waals surface area contributed by atoms with Crippen LogP contribution in [0.5, 0.6) is 0 Å². The molecule has 1 amide bonds. The summed E-state index contributed by atoms with van der Waals surface area (Å²) in [6, 6.07) is 7.25. The van der Waals surface area contributed by atoms with E-state index in [1.807, 2.05) is 25.1 Å². The Balaban J connectivity index is 2.24. The second kappa shape index (κ2) is 6.24. The number of amides is 1. The average Bonchev–Trinajstić information content (AvgIpc) is 2.43. The molecule has 20 heavy (non-hydrogen) atoms. The van der Waals surface area contributed by atoms with E-state index in [1.165, 1.54) is 6.20 Å². The van der Waals surface area contributed by atoms with E-state index < -0.39 is 0 Å². The minimum Gasteiger partial charge on any atom is -0.372 e. The first-order valence-corrected chi connectivity index (χ1v) is 7.09. The van der Waals surface area contributed by atoms with E-state index >= 15 is 0 Å². The maximum Gasteiger partial charge on any atom is 0.257 e. The van der Waals surface area contributed by atoms with Gasteiger partial charge in [0.2, 0.25) is 0 Å². The van der Waals surface area contributed by atoms with Crippen molar-refractivity contribution in [3.05, 3.63) is 51.1 Å². The zero-order chi connectivity index (χ0) is 14.7. The molecule has 0 unspecified atom stereocenters. The van der Waals surface area contributed by atoms with E-state index in [2.05, 4.69) is 31.5 Å². The van der Waals surface area contributed by atoms with E-state index in [4.69, 9.17) is 11.6 Å². The van der Waals surface area contributed by atoms with Crippen molar-refractivity contribution >= 4 is 44.9 Å². The summed E-state index contributed by atoms with van der Waals surface area (Å²) < 4.78 is 0.860. The van der Waals surface area contributed by atoms with Crippen LogP contribution in [0.4, 0.5) is 11.5 Å². The van der Waals surface area contributed by atoms with Gasteiger partial charge in [-0.05, 0) is 40.5 Å². The summed E-state index contributed by atoms with van der Waals surface area (Å²) in [6.07, 6.45) is 1.48. The highest BCUT2D eigenvalue weighted by molar-refractivity contribution is 9.10. The van der Waals surface area contributed by atoms with Crippen LogP contribution in [0, 0.1) is 6.92 Å². The lowest BCUT2D eigenvalue weighted by molar-refractivity contribution is 0.102. The maximum atomic E-state index is 12.2. The number of anilines is 2. The molecule has 0 fully saturated rings. The van der Waals surface area contributed by atoms with Gasteiger partial charge in [-0.3, -0.25) is 4.79 Å². The largest absolute Gasteiger partial charge is 0.372 e. The number of halogens is 2. The van der Waals surface area contributed by atoms with Crippen molar-refractivity contribution in [1.29, 1.82) is 0 Å². The van der Waals surface area contributed by atoms with Crippen LogP contribution in [-0.4, -0.2) is 17.9 Å². The minimum absolute atomic E-state index is 0.256. The Morgan fingerprint density at radius 3 is 2.80 bits per heavy atom. The molecule has 0 aliphatic rings. The third kappa shape index (κ3) is 3.11. The SMILES string of the molecule is CNc1ncc(C(=O)Nc2cccc(C)c2Br)cc1Cl. The van der Waals surface area contributed by atoms with Crippen molar-refractivity contribution in [2.45, 2.75) is 6.92 Å². The first-order chi connectivity index (χ1) is 9.52. The number of aromatic nitrogens is 1. The number of rotatable bonds is 3. The van der Waals surface area contributed by atoms with Crippen molar-refractivity contribution in [2.24, 2.45) is 0 Å². The molecule has 2 rings (SSSR count). The van der Waals surface area contributed by atoms with E-state index in [9.17, 15) is 4.79 Å². The summed E-state index contributed by atoms with van der Waals surface area (Å²) in [5.74, 6) is 0.285. The molecular weight excluding hydrogens is 342 g/mol. The number of hydrogen-bond donors (Lipinski definition) is 2. The molecule has 6 heteroatoms. The first kappa shape index (κ1) is 14.8. The van der Waals surface area contributed by atoms with Crippen molar-refractivity contribution in [2.75, 3.05) is 17.7 Å². The normalized spacial score (nSPS) is 10.2. The van der Waals surface area contributed by atoms with Crippen LogP contribution in [0.25, 0.3) is 0 Å². The topological polar surface area (TPSA) is 54.0 Å². The zero-order valence-electron chi connectivity index (χ0n) is 11.0. The molecule has 104 valence electrons. The van der Waals surface area contributed by atoms with E-state index in [-0.39, 0.29) is 5.91 Å². The summed E-state index contributed by atoms with van der Waals surface area (Å²) in [4.78, 5) is 16.3. The molecule has 4 nitrogen and oxygen atoms in total. The van der Waals surface area contributed by atoms with Gasteiger partial charge in [-0.25, -0.2) is 4.98 Å². The van der Waals surface area contributed by atoms with Gasteiger partial charge in [-0.2, -0.15) is 0 Å². The van der Waals surface area contributed by atoms with Gasteiger partial charge in [-0.1, -0.05) is 23.7 Å². The molecular formula is C14H13BrClN3O. The third-order valence-electron chi connectivity index (χ3n) is 2.78. The molecule has 0 aliphatic heterocycles. The second-order valence-corrected chi connectivity index (χ2v) is 5.40. The van der Waals surface area contributed by atoms with Crippen LogP contribution in [-0.2, 0) is 0 Å². The molecule has 0 atom stereocenters. The number of nitrogens with one attached hydrogen (secondary N) is 2. The highest BCUT2D eigenvalue weighted by atomic mass is 79.9. The lowest BCUT2D eigenvalue weighted by Crippen LogP contribution is -2.13. The predicted molar refractivity (Wildman–Crippen MR) is 85.6 cm³/mol. The van der Waals surface area contributed by atoms with Gasteiger partial charge in [-0.15, -0.1) is 0 Å². The van der Waals surface area contributed by atoms with Crippen molar-refractivity contribution in [1.82, 2.24) is 4.98 Å². The molecule has 1 aromatic carbocycles. The average molecular weight is 355 g/mol. The lowest BCUT2D eigenvalue weighted by atomic mass is 10.2. The van der Waals surface area contributed by atoms with Crippen molar-refractivity contribution in [3.8, 4) is 0 Å². The Morgan fingerprint density at radius 1 is 1.40 bits per heavy atom. The van der Waals surface area contributed by atoms with Crippen LogP contribution in [0.1, 0.15) is 15.9 Å². The Hall–Kier alpha value is -1.59. The molecule has 0 bridgehead atoms. The number of hydrogen-bond acceptors (Lipinski definition) is 3. The number of aryl methyl sites for hydroxylation is 1. The number of nitrogens with zero attached hydrogens (tertiary/aromatic N) is 1. The second-order valence-electron chi connectivity index (χ2n) is 4.20. The van der Waals surface area contributed by atoms with Crippen LogP contribution >= 0.6 is 27.5 Å². The Bertz CT molecular complexity index is 661. The maximum absolute atomic E-state index is 12.2. The van der Waals surface area contributed by atoms with Crippen molar-refractivity contribution in [3.63, 3.8) is 0 Å². The lowest BCUT2D eigenvalue weighted by Gasteiger charge is -2.10. The molecule has 1 heterocycles. The molecule has 0 saturated carbocycles. The van der Waals surface area contributed by atoms with Gasteiger partial charge >= 0.3 is 0 Å². The number of carbonyl (C=O) groups excluding carboxylic acids is 1. The van der Waals surface area contributed by atoms with Crippen LogP contribution in [0.2, 0.25) is 5.02 Å². The van der Waals surface area contributed by atoms with Gasteiger partial charge in [0.05, 0.1) is 16.3 Å². The quantitative estimate of drug-likeness (QED) is 0.872. The molecule has 0 saturated heterocycles. The molecule has 2 N–H and O–H groups in total. The molecule has 0 spiro atoms. The fraction of sp³-hybridized carbons (Fsp3) is 0.143. The number of carbonyl (C=O) groups is 1. The van der Waals surface area contributed by atoms with Gasteiger partial charge in [0.1, 0.15) is 5.82 Å². The van der Waals surface area contributed by atoms with Crippen LogP contribution < -0.4 is 10.6 Å². The smallest absolute Gasteiger partial charge is 0.257 e. The van der Waals surface area contributed by atoms with Crippen LogP contribution in [0.15, 0.2) is 34.9 Å². The molecule has 1 aromatic heterocycles. The molecule has 0 radical (unpaired) electrons. The molecule has 2 aromatic rings. The standard InChI is InChI=1S/C14H13BrClN3O/c1-8-4-3-5-11(12(8)15)19-14(20)9-6-10(16)13(17-2)18-7-9/h3-7H,1-2H3,(H,17,18)(H,19,20). The monoisotopic (exact) mass is 353 g/mol. The minimum atomic E-state index is -0.256. The number of pyridine rings is 1. The zero-order valence-corrected chi connectivity index (χ0v) is 13.3. The Kier molecular flexibility index (Phi) is 4.62. The fourth-order valence-electron chi connectivity index (χ4n) is 1.68. The third-order valence-corrected chi connectivity index (χ3v) is 4.12. The van der Waals surface area contributed by atoms with Gasteiger partial charge < -0.3 is 10.6 Å². The summed E-state index contributed by atoms with van der Waals surface area (Å²) >= 11 is 9.47. The first-order valence-electron chi connectivity index (χ1n) is 5.92. The Labute approximate surface area is 130 Å². The summed E-state index contributed by atoms with van der Waals surface area (Å²) in [6.45, 7) is 1.96. The summed E-state index contributed by atoms with van der Waals surface area (Å²) in [5, 5.41) is 6.08. The molecule has 0 aliphatic carbocycles. The fourth-order valence-corrected chi connectivity index (χ4v) is 2.31. The van der Waals surface area contributed by atoms with Crippen molar-refractivity contribution < 1.29 is 4.79 Å².